The fourth-order valence-corrected chi connectivity index (χ4v) is 5.01. The molecule has 126 valence electrons. The molecule has 1 saturated heterocycles. The maximum Gasteiger partial charge on any atom is 0.274 e. The van der Waals surface area contributed by atoms with Crippen molar-refractivity contribution < 1.29 is 4.79 Å². The lowest BCUT2D eigenvalue weighted by Gasteiger charge is -2.38. The summed E-state index contributed by atoms with van der Waals surface area (Å²) in [6.07, 6.45) is 15.9. The van der Waals surface area contributed by atoms with E-state index in [1.54, 1.807) is 0 Å². The molecule has 23 heavy (non-hydrogen) atoms. The van der Waals surface area contributed by atoms with Crippen molar-refractivity contribution in [1.82, 2.24) is 14.7 Å². The van der Waals surface area contributed by atoms with Crippen molar-refractivity contribution in [1.29, 1.82) is 0 Å². The van der Waals surface area contributed by atoms with Crippen molar-refractivity contribution in [2.45, 2.75) is 82.7 Å². The third-order valence-corrected chi connectivity index (χ3v) is 6.28. The van der Waals surface area contributed by atoms with Crippen LogP contribution in [0.3, 0.4) is 0 Å². The summed E-state index contributed by atoms with van der Waals surface area (Å²) in [6, 6.07) is 2.93. The summed E-state index contributed by atoms with van der Waals surface area (Å²) < 4.78 is 2.05. The molecule has 2 heterocycles. The molecule has 3 aliphatic rings. The molecular weight excluding hydrogens is 286 g/mol. The minimum absolute atomic E-state index is 0.181. The van der Waals surface area contributed by atoms with Gasteiger partial charge in [0.2, 0.25) is 0 Å². The van der Waals surface area contributed by atoms with Gasteiger partial charge in [0.25, 0.3) is 5.91 Å². The van der Waals surface area contributed by atoms with Crippen molar-refractivity contribution in [2.75, 3.05) is 6.54 Å². The predicted molar refractivity (Wildman–Crippen MR) is 90.4 cm³/mol. The minimum Gasteiger partial charge on any atom is -0.334 e. The van der Waals surface area contributed by atoms with E-state index in [0.717, 1.165) is 18.9 Å². The van der Waals surface area contributed by atoms with Crippen LogP contribution < -0.4 is 0 Å². The van der Waals surface area contributed by atoms with E-state index in [1.807, 2.05) is 12.3 Å². The molecule has 2 atom stereocenters. The van der Waals surface area contributed by atoms with Crippen molar-refractivity contribution in [3.05, 3.63) is 18.0 Å². The first-order chi connectivity index (χ1) is 11.3. The minimum atomic E-state index is 0.181. The van der Waals surface area contributed by atoms with Crippen LogP contribution in [0.5, 0.6) is 0 Å². The lowest BCUT2D eigenvalue weighted by atomic mass is 9.81. The molecule has 2 saturated carbocycles. The van der Waals surface area contributed by atoms with Gasteiger partial charge in [-0.3, -0.25) is 9.48 Å². The number of nitrogens with zero attached hydrogens (tertiary/aromatic N) is 3. The first-order valence-corrected chi connectivity index (χ1v) is 9.69. The third kappa shape index (κ3) is 3.05. The number of likely N-dealkylation sites (tertiary alicyclic amines) is 1. The number of carbonyl (C=O) groups is 1. The fraction of sp³-hybridized carbons (Fsp3) is 0.789. The Morgan fingerprint density at radius 2 is 1.65 bits per heavy atom. The molecule has 1 aromatic heterocycles. The molecule has 4 nitrogen and oxygen atoms in total. The van der Waals surface area contributed by atoms with Gasteiger partial charge in [0.15, 0.2) is 0 Å². The Morgan fingerprint density at radius 1 is 0.957 bits per heavy atom. The van der Waals surface area contributed by atoms with E-state index in [9.17, 15) is 4.79 Å². The molecule has 0 aromatic carbocycles. The Labute approximate surface area is 139 Å². The van der Waals surface area contributed by atoms with Crippen LogP contribution in [0.1, 0.15) is 87.2 Å². The zero-order valence-corrected chi connectivity index (χ0v) is 14.1. The van der Waals surface area contributed by atoms with E-state index in [2.05, 4.69) is 14.7 Å². The first kappa shape index (κ1) is 15.2. The van der Waals surface area contributed by atoms with Crippen LogP contribution in [-0.4, -0.2) is 33.2 Å². The zero-order chi connectivity index (χ0) is 15.6. The van der Waals surface area contributed by atoms with Gasteiger partial charge in [0.05, 0.1) is 6.04 Å². The Hall–Kier alpha value is -1.32. The highest BCUT2D eigenvalue weighted by Crippen LogP contribution is 2.35. The van der Waals surface area contributed by atoms with Gasteiger partial charge in [0, 0.05) is 18.8 Å². The van der Waals surface area contributed by atoms with Gasteiger partial charge >= 0.3 is 0 Å². The van der Waals surface area contributed by atoms with Gasteiger partial charge in [-0.15, -0.1) is 0 Å². The number of rotatable bonds is 2. The first-order valence-electron chi connectivity index (χ1n) is 9.69. The van der Waals surface area contributed by atoms with Crippen molar-refractivity contribution in [3.8, 4) is 0 Å². The van der Waals surface area contributed by atoms with E-state index < -0.39 is 0 Å². The zero-order valence-electron chi connectivity index (χ0n) is 14.1. The quantitative estimate of drug-likeness (QED) is 0.821. The fourth-order valence-electron chi connectivity index (χ4n) is 5.01. The topological polar surface area (TPSA) is 38.1 Å². The second-order valence-corrected chi connectivity index (χ2v) is 7.73. The molecule has 1 aromatic rings. The molecule has 0 spiro atoms. The van der Waals surface area contributed by atoms with Gasteiger partial charge in [-0.1, -0.05) is 32.1 Å². The summed E-state index contributed by atoms with van der Waals surface area (Å²) in [5.41, 5.74) is 0.670. The van der Waals surface area contributed by atoms with Gasteiger partial charge in [-0.05, 0) is 50.5 Å². The Balaban J connectivity index is 1.52. The summed E-state index contributed by atoms with van der Waals surface area (Å²) in [4.78, 5) is 15.3. The highest BCUT2D eigenvalue weighted by atomic mass is 16.2. The monoisotopic (exact) mass is 315 g/mol. The number of carbonyl (C=O) groups excluding carboxylic acids is 1. The standard InChI is InChI=1S/C19H29N3O/c23-19(17-12-14-22(20-17)16-9-2-3-10-16)21-13-6-5-8-15-7-1-4-11-18(15)21/h12,14-16,18H,1-11,13H2. The van der Waals surface area contributed by atoms with E-state index in [4.69, 9.17) is 0 Å². The van der Waals surface area contributed by atoms with Crippen molar-refractivity contribution in [3.63, 3.8) is 0 Å². The molecule has 2 aliphatic carbocycles. The largest absolute Gasteiger partial charge is 0.334 e. The molecular formula is C19H29N3O. The molecule has 4 heteroatoms. The lowest BCUT2D eigenvalue weighted by Crippen LogP contribution is -2.45. The summed E-state index contributed by atoms with van der Waals surface area (Å²) >= 11 is 0. The smallest absolute Gasteiger partial charge is 0.274 e. The van der Waals surface area contributed by atoms with Crippen LogP contribution in [0.4, 0.5) is 0 Å². The third-order valence-electron chi connectivity index (χ3n) is 6.28. The summed E-state index contributed by atoms with van der Waals surface area (Å²) in [6.45, 7) is 0.927. The second-order valence-electron chi connectivity index (χ2n) is 7.73. The van der Waals surface area contributed by atoms with Gasteiger partial charge < -0.3 is 4.90 Å². The molecule has 1 amide bonds. The van der Waals surface area contributed by atoms with E-state index in [0.29, 0.717) is 17.8 Å². The van der Waals surface area contributed by atoms with Crippen LogP contribution in [0.15, 0.2) is 12.3 Å². The summed E-state index contributed by atoms with van der Waals surface area (Å²) in [7, 11) is 0. The van der Waals surface area contributed by atoms with Gasteiger partial charge in [0.1, 0.15) is 5.69 Å². The van der Waals surface area contributed by atoms with Crippen molar-refractivity contribution in [2.24, 2.45) is 5.92 Å². The highest BCUT2D eigenvalue weighted by molar-refractivity contribution is 5.92. The number of aromatic nitrogens is 2. The molecule has 1 aliphatic heterocycles. The Morgan fingerprint density at radius 3 is 2.48 bits per heavy atom. The van der Waals surface area contributed by atoms with Crippen molar-refractivity contribution >= 4 is 5.91 Å². The normalized spacial score (nSPS) is 29.3. The van der Waals surface area contributed by atoms with Crippen LogP contribution in [0.2, 0.25) is 0 Å². The number of amides is 1. The van der Waals surface area contributed by atoms with Gasteiger partial charge in [-0.25, -0.2) is 0 Å². The maximum absolute atomic E-state index is 13.1. The van der Waals surface area contributed by atoms with E-state index in [1.165, 1.54) is 64.2 Å². The van der Waals surface area contributed by atoms with Crippen LogP contribution in [0, 0.1) is 5.92 Å². The molecule has 3 fully saturated rings. The number of hydrogen-bond donors (Lipinski definition) is 0. The Kier molecular flexibility index (Phi) is 4.41. The average molecular weight is 315 g/mol. The van der Waals surface area contributed by atoms with Crippen LogP contribution in [-0.2, 0) is 0 Å². The molecule has 0 radical (unpaired) electrons. The van der Waals surface area contributed by atoms with Crippen LogP contribution >= 0.6 is 0 Å². The van der Waals surface area contributed by atoms with Crippen LogP contribution in [0.25, 0.3) is 0 Å². The molecule has 2 unspecified atom stereocenters. The van der Waals surface area contributed by atoms with E-state index >= 15 is 0 Å². The summed E-state index contributed by atoms with van der Waals surface area (Å²) in [5.74, 6) is 0.910. The number of fused-ring (bicyclic) bond motifs is 1. The van der Waals surface area contributed by atoms with Gasteiger partial charge in [-0.2, -0.15) is 5.10 Å². The molecule has 4 rings (SSSR count). The molecule has 0 bridgehead atoms. The average Bonchev–Trinajstić information content (AvgIpc) is 3.22. The molecule has 0 N–H and O–H groups in total. The maximum atomic E-state index is 13.1. The Bertz CT molecular complexity index is 547. The van der Waals surface area contributed by atoms with E-state index in [-0.39, 0.29) is 5.91 Å². The second kappa shape index (κ2) is 6.66. The lowest BCUT2D eigenvalue weighted by molar-refractivity contribution is 0.0562. The highest BCUT2D eigenvalue weighted by Gasteiger charge is 2.35. The SMILES string of the molecule is O=C(c1ccn(C2CCCC2)n1)N1CCCCC2CCCCC21. The number of hydrogen-bond acceptors (Lipinski definition) is 2. The summed E-state index contributed by atoms with van der Waals surface area (Å²) in [5, 5.41) is 4.66. The predicted octanol–water partition coefficient (Wildman–Crippen LogP) is 4.18.